The Hall–Kier alpha value is -2.54. The number of halogens is 1. The van der Waals surface area contributed by atoms with Crippen LogP contribution in [0.3, 0.4) is 0 Å². The van der Waals surface area contributed by atoms with E-state index in [0.29, 0.717) is 11.4 Å². The molecule has 21 heavy (non-hydrogen) atoms. The molecule has 0 saturated carbocycles. The number of hydrogen-bond acceptors (Lipinski definition) is 4. The standard InChI is InChI=1S/C14H10BrN5O/c15-10-4-1-3-9(7-10)12-13(14(21)20-18-12)19-17-11-5-2-6-16-8-11/h1-8H,(H2,18,20,21). The Bertz CT molecular complexity index is 838. The molecule has 2 N–H and O–H groups in total. The summed E-state index contributed by atoms with van der Waals surface area (Å²) >= 11 is 3.40. The van der Waals surface area contributed by atoms with E-state index >= 15 is 0 Å². The van der Waals surface area contributed by atoms with Crippen molar-refractivity contribution >= 4 is 27.3 Å². The Morgan fingerprint density at radius 3 is 2.76 bits per heavy atom. The molecule has 0 unspecified atom stereocenters. The second-order valence-corrected chi connectivity index (χ2v) is 5.14. The summed E-state index contributed by atoms with van der Waals surface area (Å²) in [4.78, 5) is 15.8. The molecule has 3 aromatic rings. The van der Waals surface area contributed by atoms with Gasteiger partial charge in [0.15, 0.2) is 5.69 Å². The SMILES string of the molecule is O=c1[nH][nH]c(-c2cccc(Br)c2)c1N=Nc1cccnc1. The molecule has 0 saturated heterocycles. The minimum absolute atomic E-state index is 0.233. The molecule has 0 radical (unpaired) electrons. The first-order chi connectivity index (χ1) is 10.2. The molecule has 1 aromatic carbocycles. The smallest absolute Gasteiger partial charge is 0.292 e. The van der Waals surface area contributed by atoms with E-state index in [9.17, 15) is 4.79 Å². The Labute approximate surface area is 128 Å². The van der Waals surface area contributed by atoms with Crippen molar-refractivity contribution in [2.45, 2.75) is 0 Å². The number of nitrogens with one attached hydrogen (secondary N) is 2. The number of aromatic amines is 2. The molecule has 0 amide bonds. The first-order valence-electron chi connectivity index (χ1n) is 6.12. The number of pyridine rings is 1. The highest BCUT2D eigenvalue weighted by molar-refractivity contribution is 9.10. The summed E-state index contributed by atoms with van der Waals surface area (Å²) in [6, 6.07) is 11.1. The molecule has 104 valence electrons. The van der Waals surface area contributed by atoms with Gasteiger partial charge >= 0.3 is 0 Å². The van der Waals surface area contributed by atoms with Crippen LogP contribution in [0.1, 0.15) is 0 Å². The molecule has 2 aromatic heterocycles. The third kappa shape index (κ3) is 2.97. The lowest BCUT2D eigenvalue weighted by Crippen LogP contribution is -1.96. The highest BCUT2D eigenvalue weighted by atomic mass is 79.9. The molecule has 0 spiro atoms. The number of H-pyrrole nitrogens is 2. The molecule has 2 heterocycles. The highest BCUT2D eigenvalue weighted by Crippen LogP contribution is 2.28. The van der Waals surface area contributed by atoms with Crippen LogP contribution < -0.4 is 5.56 Å². The lowest BCUT2D eigenvalue weighted by molar-refractivity contribution is 1.06. The van der Waals surface area contributed by atoms with E-state index in [0.717, 1.165) is 10.0 Å². The second kappa shape index (κ2) is 5.84. The molecule has 0 atom stereocenters. The third-order valence-corrected chi connectivity index (χ3v) is 3.27. The first kappa shape index (κ1) is 13.4. The van der Waals surface area contributed by atoms with Gasteiger partial charge in [-0.1, -0.05) is 28.1 Å². The minimum Gasteiger partial charge on any atom is -0.295 e. The van der Waals surface area contributed by atoms with Gasteiger partial charge in [-0.3, -0.25) is 20.0 Å². The molecule has 0 aliphatic rings. The van der Waals surface area contributed by atoms with Gasteiger partial charge in [-0.25, -0.2) is 0 Å². The maximum absolute atomic E-state index is 11.9. The van der Waals surface area contributed by atoms with E-state index in [1.165, 1.54) is 0 Å². The van der Waals surface area contributed by atoms with Crippen LogP contribution in [0.4, 0.5) is 11.4 Å². The maximum atomic E-state index is 11.9. The van der Waals surface area contributed by atoms with E-state index in [1.54, 1.807) is 24.5 Å². The fourth-order valence-corrected chi connectivity index (χ4v) is 2.22. The minimum atomic E-state index is -0.322. The van der Waals surface area contributed by atoms with Crippen LogP contribution in [-0.4, -0.2) is 15.2 Å². The van der Waals surface area contributed by atoms with Crippen molar-refractivity contribution in [3.63, 3.8) is 0 Å². The summed E-state index contributed by atoms with van der Waals surface area (Å²) in [5.41, 5.74) is 1.92. The van der Waals surface area contributed by atoms with Gasteiger partial charge in [0.2, 0.25) is 0 Å². The Kier molecular flexibility index (Phi) is 3.74. The van der Waals surface area contributed by atoms with Crippen molar-refractivity contribution < 1.29 is 0 Å². The third-order valence-electron chi connectivity index (χ3n) is 2.78. The fourth-order valence-electron chi connectivity index (χ4n) is 1.82. The molecule has 0 aliphatic heterocycles. The topological polar surface area (TPSA) is 86.3 Å². The van der Waals surface area contributed by atoms with Gasteiger partial charge in [-0.2, -0.15) is 0 Å². The monoisotopic (exact) mass is 343 g/mol. The lowest BCUT2D eigenvalue weighted by Gasteiger charge is -1.99. The average molecular weight is 344 g/mol. The summed E-state index contributed by atoms with van der Waals surface area (Å²) in [7, 11) is 0. The van der Waals surface area contributed by atoms with Crippen molar-refractivity contribution in [1.82, 2.24) is 15.2 Å². The van der Waals surface area contributed by atoms with Gasteiger partial charge in [0.1, 0.15) is 5.69 Å². The summed E-state index contributed by atoms with van der Waals surface area (Å²) in [6.07, 6.45) is 3.22. The van der Waals surface area contributed by atoms with Crippen LogP contribution in [0.25, 0.3) is 11.3 Å². The van der Waals surface area contributed by atoms with Gasteiger partial charge in [0, 0.05) is 16.2 Å². The number of hydrogen-bond donors (Lipinski definition) is 2. The first-order valence-corrected chi connectivity index (χ1v) is 6.92. The predicted octanol–water partition coefficient (Wildman–Crippen LogP) is 3.94. The Morgan fingerprint density at radius 1 is 1.10 bits per heavy atom. The average Bonchev–Trinajstić information content (AvgIpc) is 2.87. The summed E-state index contributed by atoms with van der Waals surface area (Å²) in [5.74, 6) is 0. The molecule has 0 fully saturated rings. The van der Waals surface area contributed by atoms with Gasteiger partial charge in [0.25, 0.3) is 5.56 Å². The molecule has 3 rings (SSSR count). The zero-order chi connectivity index (χ0) is 14.7. The van der Waals surface area contributed by atoms with Crippen molar-refractivity contribution in [3.8, 4) is 11.3 Å². The van der Waals surface area contributed by atoms with Crippen LogP contribution in [0.15, 0.2) is 68.3 Å². The maximum Gasteiger partial charge on any atom is 0.292 e. The van der Waals surface area contributed by atoms with Crippen LogP contribution in [0.5, 0.6) is 0 Å². The summed E-state index contributed by atoms with van der Waals surface area (Å²) in [6.45, 7) is 0. The number of aromatic nitrogens is 3. The zero-order valence-corrected chi connectivity index (χ0v) is 12.3. The van der Waals surface area contributed by atoms with E-state index in [1.807, 2.05) is 24.3 Å². The lowest BCUT2D eigenvalue weighted by atomic mass is 10.1. The molecule has 7 heteroatoms. The molecule has 6 nitrogen and oxygen atoms in total. The van der Waals surface area contributed by atoms with Crippen molar-refractivity contribution in [2.24, 2.45) is 10.2 Å². The molecular formula is C14H10BrN5O. The van der Waals surface area contributed by atoms with Crippen molar-refractivity contribution in [2.75, 3.05) is 0 Å². The normalized spacial score (nSPS) is 11.1. The predicted molar refractivity (Wildman–Crippen MR) is 83.0 cm³/mol. The zero-order valence-electron chi connectivity index (χ0n) is 10.7. The van der Waals surface area contributed by atoms with Crippen LogP contribution >= 0.6 is 15.9 Å². The summed E-state index contributed by atoms with van der Waals surface area (Å²) in [5, 5.41) is 13.4. The molecular weight excluding hydrogens is 334 g/mol. The number of rotatable bonds is 3. The van der Waals surface area contributed by atoms with Gasteiger partial charge < -0.3 is 0 Å². The van der Waals surface area contributed by atoms with Gasteiger partial charge in [0.05, 0.1) is 11.9 Å². The Balaban J connectivity index is 2.02. The van der Waals surface area contributed by atoms with E-state index in [4.69, 9.17) is 0 Å². The number of nitrogens with zero attached hydrogens (tertiary/aromatic N) is 3. The molecule has 0 bridgehead atoms. The van der Waals surface area contributed by atoms with E-state index < -0.39 is 0 Å². The Morgan fingerprint density at radius 2 is 2.00 bits per heavy atom. The van der Waals surface area contributed by atoms with Crippen molar-refractivity contribution in [3.05, 3.63) is 63.6 Å². The van der Waals surface area contributed by atoms with Gasteiger partial charge in [-0.05, 0) is 24.3 Å². The van der Waals surface area contributed by atoms with Crippen LogP contribution in [0, 0.1) is 0 Å². The van der Waals surface area contributed by atoms with Crippen LogP contribution in [-0.2, 0) is 0 Å². The quantitative estimate of drug-likeness (QED) is 0.705. The van der Waals surface area contributed by atoms with Crippen LogP contribution in [0.2, 0.25) is 0 Å². The second-order valence-electron chi connectivity index (χ2n) is 4.22. The number of benzene rings is 1. The fraction of sp³-hybridized carbons (Fsp3) is 0. The largest absolute Gasteiger partial charge is 0.295 e. The van der Waals surface area contributed by atoms with Crippen molar-refractivity contribution in [1.29, 1.82) is 0 Å². The highest BCUT2D eigenvalue weighted by Gasteiger charge is 2.11. The van der Waals surface area contributed by atoms with E-state index in [2.05, 4.69) is 41.3 Å². The van der Waals surface area contributed by atoms with E-state index in [-0.39, 0.29) is 11.2 Å². The molecule has 0 aliphatic carbocycles. The van der Waals surface area contributed by atoms with Gasteiger partial charge in [-0.15, -0.1) is 10.2 Å². The summed E-state index contributed by atoms with van der Waals surface area (Å²) < 4.78 is 0.914. The number of azo groups is 1.